The van der Waals surface area contributed by atoms with Crippen LogP contribution in [0.1, 0.15) is 37.8 Å². The maximum absolute atomic E-state index is 9.32. The number of rotatable bonds is 9. The quantitative estimate of drug-likeness (QED) is 0.411. The molecule has 0 bridgehead atoms. The van der Waals surface area contributed by atoms with Crippen molar-refractivity contribution in [2.24, 2.45) is 10.9 Å². The van der Waals surface area contributed by atoms with Gasteiger partial charge < -0.3 is 25.4 Å². The van der Waals surface area contributed by atoms with Gasteiger partial charge in [0.2, 0.25) is 0 Å². The van der Waals surface area contributed by atoms with Gasteiger partial charge >= 0.3 is 0 Å². The first-order valence-corrected chi connectivity index (χ1v) is 11.8. The zero-order valence-electron chi connectivity index (χ0n) is 19.7. The van der Waals surface area contributed by atoms with Gasteiger partial charge in [0.25, 0.3) is 0 Å². The summed E-state index contributed by atoms with van der Waals surface area (Å²) in [7, 11) is 0. The van der Waals surface area contributed by atoms with E-state index in [0.29, 0.717) is 25.6 Å². The third-order valence-corrected chi connectivity index (χ3v) is 5.92. The Hall–Kier alpha value is -2.73. The first kappa shape index (κ1) is 23.9. The summed E-state index contributed by atoms with van der Waals surface area (Å²) in [4.78, 5) is 7.14. The smallest absolute Gasteiger partial charge is 0.191 e. The molecule has 0 spiro atoms. The Kier molecular flexibility index (Phi) is 9.23. The summed E-state index contributed by atoms with van der Waals surface area (Å²) in [6.45, 7) is 10.6. The summed E-state index contributed by atoms with van der Waals surface area (Å²) < 4.78 is 6.06. The second kappa shape index (κ2) is 12.3. The van der Waals surface area contributed by atoms with Crippen LogP contribution < -0.4 is 20.3 Å². The molecular formula is C26H38N4O2. The van der Waals surface area contributed by atoms with E-state index >= 15 is 0 Å². The number of hydrogen-bond donors (Lipinski definition) is 3. The Morgan fingerprint density at radius 3 is 2.50 bits per heavy atom. The largest absolute Gasteiger partial charge is 0.489 e. The molecule has 1 saturated heterocycles. The summed E-state index contributed by atoms with van der Waals surface area (Å²) >= 11 is 0. The molecule has 0 aliphatic carbocycles. The Bertz CT molecular complexity index is 845. The molecule has 1 aliphatic heterocycles. The number of piperidine rings is 1. The van der Waals surface area contributed by atoms with Gasteiger partial charge in [-0.3, -0.25) is 0 Å². The van der Waals surface area contributed by atoms with Gasteiger partial charge in [-0.05, 0) is 68.9 Å². The molecule has 2 aromatic rings. The normalized spacial score (nSPS) is 16.0. The average molecular weight is 439 g/mol. The fourth-order valence-electron chi connectivity index (χ4n) is 3.89. The van der Waals surface area contributed by atoms with Gasteiger partial charge in [0.05, 0.1) is 13.1 Å². The number of hydrogen-bond acceptors (Lipinski definition) is 4. The minimum atomic E-state index is 0.0224. The summed E-state index contributed by atoms with van der Waals surface area (Å²) in [5.41, 5.74) is 3.57. The highest BCUT2D eigenvalue weighted by Crippen LogP contribution is 2.23. The third-order valence-electron chi connectivity index (χ3n) is 5.92. The molecule has 0 aromatic heterocycles. The molecule has 0 radical (unpaired) electrons. The van der Waals surface area contributed by atoms with Crippen LogP contribution in [-0.4, -0.2) is 50.0 Å². The lowest BCUT2D eigenvalue weighted by atomic mass is 9.97. The zero-order valence-corrected chi connectivity index (χ0v) is 19.7. The SMILES string of the molecule is CCNC(=NCc1ccc(N2CCC(CO)CC2)cc1)NCC(C)Oc1ccccc1C. The summed E-state index contributed by atoms with van der Waals surface area (Å²) in [5, 5.41) is 16.0. The van der Waals surface area contributed by atoms with Crippen LogP contribution >= 0.6 is 0 Å². The molecular weight excluding hydrogens is 400 g/mol. The van der Waals surface area contributed by atoms with Gasteiger partial charge in [-0.15, -0.1) is 0 Å². The average Bonchev–Trinajstić information content (AvgIpc) is 2.83. The molecule has 0 saturated carbocycles. The minimum Gasteiger partial charge on any atom is -0.489 e. The highest BCUT2D eigenvalue weighted by Gasteiger charge is 2.18. The van der Waals surface area contributed by atoms with Crippen molar-refractivity contribution in [2.75, 3.05) is 37.7 Å². The van der Waals surface area contributed by atoms with E-state index in [4.69, 9.17) is 9.73 Å². The summed E-state index contributed by atoms with van der Waals surface area (Å²) in [6.07, 6.45) is 2.15. The van der Waals surface area contributed by atoms with Gasteiger partial charge in [0.1, 0.15) is 11.9 Å². The minimum absolute atomic E-state index is 0.0224. The number of para-hydroxylation sites is 1. The number of aliphatic imine (C=N–C) groups is 1. The molecule has 1 heterocycles. The van der Waals surface area contributed by atoms with Gasteiger partial charge in [-0.2, -0.15) is 0 Å². The van der Waals surface area contributed by atoms with Crippen LogP contribution in [0.15, 0.2) is 53.5 Å². The molecule has 1 atom stereocenters. The van der Waals surface area contributed by atoms with Gasteiger partial charge in [0, 0.05) is 31.9 Å². The number of guanidine groups is 1. The standard InChI is InChI=1S/C26H38N4O2/c1-4-27-26(28-17-21(3)32-25-8-6-5-7-20(25)2)29-18-22-9-11-24(12-10-22)30-15-13-23(19-31)14-16-30/h5-12,21,23,31H,4,13-19H2,1-3H3,(H2,27,28,29). The van der Waals surface area contributed by atoms with E-state index in [1.54, 1.807) is 0 Å². The van der Waals surface area contributed by atoms with E-state index < -0.39 is 0 Å². The van der Waals surface area contributed by atoms with Crippen molar-refractivity contribution in [1.29, 1.82) is 0 Å². The second-order valence-corrected chi connectivity index (χ2v) is 8.55. The first-order valence-electron chi connectivity index (χ1n) is 11.8. The first-order chi connectivity index (χ1) is 15.6. The van der Waals surface area contributed by atoms with Crippen LogP contribution in [0.4, 0.5) is 5.69 Å². The Morgan fingerprint density at radius 1 is 1.12 bits per heavy atom. The topological polar surface area (TPSA) is 69.1 Å². The zero-order chi connectivity index (χ0) is 22.8. The molecule has 3 rings (SSSR count). The number of nitrogens with zero attached hydrogens (tertiary/aromatic N) is 2. The molecule has 0 amide bonds. The van der Waals surface area contributed by atoms with Crippen LogP contribution in [-0.2, 0) is 6.54 Å². The number of aliphatic hydroxyl groups is 1. The monoisotopic (exact) mass is 438 g/mol. The molecule has 174 valence electrons. The summed E-state index contributed by atoms with van der Waals surface area (Å²) in [6, 6.07) is 16.8. The maximum Gasteiger partial charge on any atom is 0.191 e. The molecule has 3 N–H and O–H groups in total. The Labute approximate surface area is 192 Å². The van der Waals surface area contributed by atoms with Crippen molar-refractivity contribution < 1.29 is 9.84 Å². The third kappa shape index (κ3) is 7.16. The highest BCUT2D eigenvalue weighted by atomic mass is 16.5. The number of nitrogens with one attached hydrogen (secondary N) is 2. The Balaban J connectivity index is 1.50. The van der Waals surface area contributed by atoms with Crippen molar-refractivity contribution >= 4 is 11.6 Å². The fraction of sp³-hybridized carbons (Fsp3) is 0.500. The Morgan fingerprint density at radius 2 is 1.84 bits per heavy atom. The number of anilines is 1. The van der Waals surface area contributed by atoms with Crippen molar-refractivity contribution in [1.82, 2.24) is 10.6 Å². The lowest BCUT2D eigenvalue weighted by Gasteiger charge is -2.32. The van der Waals surface area contributed by atoms with Crippen molar-refractivity contribution in [2.45, 2.75) is 46.3 Å². The van der Waals surface area contributed by atoms with Crippen LogP contribution in [0.25, 0.3) is 0 Å². The number of benzene rings is 2. The van der Waals surface area contributed by atoms with Gasteiger partial charge in [-0.1, -0.05) is 30.3 Å². The van der Waals surface area contributed by atoms with E-state index in [1.165, 1.54) is 11.3 Å². The van der Waals surface area contributed by atoms with Crippen LogP contribution in [0, 0.1) is 12.8 Å². The van der Waals surface area contributed by atoms with Crippen LogP contribution in [0.3, 0.4) is 0 Å². The van der Waals surface area contributed by atoms with E-state index in [1.807, 2.05) is 18.2 Å². The van der Waals surface area contributed by atoms with Crippen molar-refractivity contribution in [3.05, 3.63) is 59.7 Å². The molecule has 1 unspecified atom stereocenters. The van der Waals surface area contributed by atoms with Crippen molar-refractivity contribution in [3.8, 4) is 5.75 Å². The van der Waals surface area contributed by atoms with E-state index in [-0.39, 0.29) is 6.10 Å². The molecule has 1 aliphatic rings. The fourth-order valence-corrected chi connectivity index (χ4v) is 3.89. The maximum atomic E-state index is 9.32. The van der Waals surface area contributed by atoms with Gasteiger partial charge in [0.15, 0.2) is 5.96 Å². The van der Waals surface area contributed by atoms with E-state index in [9.17, 15) is 5.11 Å². The molecule has 2 aromatic carbocycles. The lowest BCUT2D eigenvalue weighted by Crippen LogP contribution is -2.41. The second-order valence-electron chi connectivity index (χ2n) is 8.55. The summed E-state index contributed by atoms with van der Waals surface area (Å²) in [5.74, 6) is 2.17. The number of ether oxygens (including phenoxy) is 1. The predicted molar refractivity (Wildman–Crippen MR) is 133 cm³/mol. The number of aliphatic hydroxyl groups excluding tert-OH is 1. The highest BCUT2D eigenvalue weighted by molar-refractivity contribution is 5.79. The van der Waals surface area contributed by atoms with Crippen LogP contribution in [0.5, 0.6) is 5.75 Å². The van der Waals surface area contributed by atoms with E-state index in [0.717, 1.165) is 49.7 Å². The molecule has 6 nitrogen and oxygen atoms in total. The van der Waals surface area contributed by atoms with Crippen LogP contribution in [0.2, 0.25) is 0 Å². The number of aryl methyl sites for hydroxylation is 1. The lowest BCUT2D eigenvalue weighted by molar-refractivity contribution is 0.203. The predicted octanol–water partition coefficient (Wildman–Crippen LogP) is 3.73. The molecule has 32 heavy (non-hydrogen) atoms. The van der Waals surface area contributed by atoms with E-state index in [2.05, 4.69) is 66.6 Å². The van der Waals surface area contributed by atoms with Crippen molar-refractivity contribution in [3.63, 3.8) is 0 Å². The van der Waals surface area contributed by atoms with Gasteiger partial charge in [-0.25, -0.2) is 4.99 Å². The molecule has 6 heteroatoms. The molecule has 1 fully saturated rings.